The van der Waals surface area contributed by atoms with E-state index in [1.807, 2.05) is 68.4 Å². The number of hydrogen-bond acceptors (Lipinski definition) is 4. The van der Waals surface area contributed by atoms with Gasteiger partial charge in [-0.05, 0) is 49.2 Å². The van der Waals surface area contributed by atoms with Crippen molar-refractivity contribution in [1.29, 1.82) is 0 Å². The van der Waals surface area contributed by atoms with Crippen LogP contribution >= 0.6 is 15.9 Å². The van der Waals surface area contributed by atoms with Gasteiger partial charge in [-0.25, -0.2) is 8.42 Å². The highest BCUT2D eigenvalue weighted by Crippen LogP contribution is 2.21. The highest BCUT2D eigenvalue weighted by atomic mass is 79.9. The number of nitrogens with one attached hydrogen (secondary N) is 1. The van der Waals surface area contributed by atoms with Crippen LogP contribution < -0.4 is 9.62 Å². The second kappa shape index (κ2) is 12.9. The van der Waals surface area contributed by atoms with Crippen LogP contribution in [0.2, 0.25) is 0 Å². The summed E-state index contributed by atoms with van der Waals surface area (Å²) >= 11 is 3.43. The Balaban J connectivity index is 2.03. The SMILES string of the molecule is CC(C)NC(=O)[C@H](Cc1ccccc1)N(Cc1ccc(Br)cc1)C(=O)CN(c1ccccc1)S(C)(=O)=O. The van der Waals surface area contributed by atoms with Crippen LogP contribution in [0.15, 0.2) is 89.4 Å². The van der Waals surface area contributed by atoms with Gasteiger partial charge in [0.2, 0.25) is 21.8 Å². The third kappa shape index (κ3) is 8.43. The quantitative estimate of drug-likeness (QED) is 0.362. The fourth-order valence-electron chi connectivity index (χ4n) is 3.93. The highest BCUT2D eigenvalue weighted by Gasteiger charge is 2.33. The van der Waals surface area contributed by atoms with E-state index in [4.69, 9.17) is 0 Å². The summed E-state index contributed by atoms with van der Waals surface area (Å²) in [6.07, 6.45) is 1.35. The number of carbonyl (C=O) groups excluding carboxylic acids is 2. The molecule has 0 unspecified atom stereocenters. The predicted molar refractivity (Wildman–Crippen MR) is 151 cm³/mol. The van der Waals surface area contributed by atoms with Crippen LogP contribution in [0.4, 0.5) is 5.69 Å². The van der Waals surface area contributed by atoms with Crippen LogP contribution in [0.5, 0.6) is 0 Å². The first-order valence-corrected chi connectivity index (χ1v) is 14.6. The third-order valence-electron chi connectivity index (χ3n) is 5.69. The zero-order valence-corrected chi connectivity index (χ0v) is 23.6. The lowest BCUT2D eigenvalue weighted by molar-refractivity contribution is -0.140. The summed E-state index contributed by atoms with van der Waals surface area (Å²) in [6, 6.07) is 24.4. The number of amides is 2. The number of carbonyl (C=O) groups is 2. The van der Waals surface area contributed by atoms with Gasteiger partial charge in [-0.3, -0.25) is 13.9 Å². The van der Waals surface area contributed by atoms with Gasteiger partial charge in [0.15, 0.2) is 0 Å². The van der Waals surface area contributed by atoms with Crippen LogP contribution in [-0.4, -0.2) is 50.0 Å². The Morgan fingerprint density at radius 2 is 1.43 bits per heavy atom. The van der Waals surface area contributed by atoms with Crippen LogP contribution in [0, 0.1) is 0 Å². The van der Waals surface area contributed by atoms with Crippen molar-refractivity contribution in [2.24, 2.45) is 0 Å². The van der Waals surface area contributed by atoms with E-state index in [9.17, 15) is 18.0 Å². The zero-order valence-electron chi connectivity index (χ0n) is 21.2. The molecule has 0 saturated heterocycles. The largest absolute Gasteiger partial charge is 0.352 e. The van der Waals surface area contributed by atoms with Crippen molar-refractivity contribution in [2.45, 2.75) is 38.9 Å². The Labute approximate surface area is 227 Å². The van der Waals surface area contributed by atoms with Gasteiger partial charge >= 0.3 is 0 Å². The smallest absolute Gasteiger partial charge is 0.244 e. The van der Waals surface area contributed by atoms with Crippen molar-refractivity contribution >= 4 is 43.5 Å². The van der Waals surface area contributed by atoms with Gasteiger partial charge in [-0.2, -0.15) is 0 Å². The Morgan fingerprint density at radius 1 is 0.865 bits per heavy atom. The lowest BCUT2D eigenvalue weighted by Crippen LogP contribution is -2.54. The van der Waals surface area contributed by atoms with Crippen molar-refractivity contribution in [3.63, 3.8) is 0 Å². The van der Waals surface area contributed by atoms with Crippen molar-refractivity contribution < 1.29 is 18.0 Å². The second-order valence-electron chi connectivity index (χ2n) is 9.12. The minimum absolute atomic E-state index is 0.132. The molecule has 0 radical (unpaired) electrons. The molecule has 0 bridgehead atoms. The van der Waals surface area contributed by atoms with Gasteiger partial charge in [-0.15, -0.1) is 0 Å². The first-order valence-electron chi connectivity index (χ1n) is 12.0. The molecule has 7 nitrogen and oxygen atoms in total. The summed E-state index contributed by atoms with van der Waals surface area (Å²) in [7, 11) is -3.77. The normalized spacial score (nSPS) is 12.1. The van der Waals surface area contributed by atoms with Crippen LogP contribution in [0.1, 0.15) is 25.0 Å². The molecule has 3 aromatic carbocycles. The molecule has 1 atom stereocenters. The summed E-state index contributed by atoms with van der Waals surface area (Å²) in [5, 5.41) is 2.94. The van der Waals surface area contributed by atoms with Crippen LogP contribution in [0.3, 0.4) is 0 Å². The maximum Gasteiger partial charge on any atom is 0.244 e. The number of nitrogens with zero attached hydrogens (tertiary/aromatic N) is 2. The van der Waals surface area contributed by atoms with Gasteiger partial charge in [0.05, 0.1) is 11.9 Å². The summed E-state index contributed by atoms with van der Waals surface area (Å²) in [5.74, 6) is -0.771. The summed E-state index contributed by atoms with van der Waals surface area (Å²) in [6.45, 7) is 3.43. The monoisotopic (exact) mass is 585 g/mol. The lowest BCUT2D eigenvalue weighted by Gasteiger charge is -2.34. The molecule has 1 N–H and O–H groups in total. The molecular formula is C28H32BrN3O4S. The first kappa shape index (κ1) is 28.4. The minimum Gasteiger partial charge on any atom is -0.352 e. The molecule has 0 aliphatic carbocycles. The maximum atomic E-state index is 13.9. The Morgan fingerprint density at radius 3 is 1.97 bits per heavy atom. The molecule has 0 aliphatic rings. The Kier molecular flexibility index (Phi) is 9.88. The van der Waals surface area contributed by atoms with Crippen molar-refractivity contribution in [3.05, 3.63) is 101 Å². The molecule has 9 heteroatoms. The van der Waals surface area contributed by atoms with Gasteiger partial charge in [0.1, 0.15) is 12.6 Å². The van der Waals surface area contributed by atoms with E-state index in [1.54, 1.807) is 30.3 Å². The Hall–Kier alpha value is -3.17. The van der Waals surface area contributed by atoms with E-state index < -0.39 is 28.5 Å². The maximum absolute atomic E-state index is 13.9. The molecule has 3 rings (SSSR count). The molecule has 3 aromatic rings. The molecule has 0 heterocycles. The molecule has 2 amide bonds. The number of benzene rings is 3. The van der Waals surface area contributed by atoms with Gasteiger partial charge in [0, 0.05) is 23.5 Å². The number of hydrogen-bond donors (Lipinski definition) is 1. The second-order valence-corrected chi connectivity index (χ2v) is 11.9. The lowest BCUT2D eigenvalue weighted by atomic mass is 10.0. The molecule has 0 saturated carbocycles. The summed E-state index contributed by atoms with van der Waals surface area (Å²) < 4.78 is 27.4. The molecule has 196 valence electrons. The zero-order chi connectivity index (χ0) is 27.0. The fourth-order valence-corrected chi connectivity index (χ4v) is 5.04. The van der Waals surface area contributed by atoms with E-state index in [1.165, 1.54) is 4.90 Å². The number of rotatable bonds is 11. The molecule has 0 aliphatic heterocycles. The van der Waals surface area contributed by atoms with Crippen molar-refractivity contribution in [3.8, 4) is 0 Å². The van der Waals surface area contributed by atoms with Gasteiger partial charge in [0.25, 0.3) is 0 Å². The van der Waals surface area contributed by atoms with Crippen LogP contribution in [0.25, 0.3) is 0 Å². The number of para-hydroxylation sites is 1. The predicted octanol–water partition coefficient (Wildman–Crippen LogP) is 4.38. The molecule has 37 heavy (non-hydrogen) atoms. The fraction of sp³-hybridized carbons (Fsp3) is 0.286. The first-order chi connectivity index (χ1) is 17.5. The number of halogens is 1. The van der Waals surface area contributed by atoms with E-state index >= 15 is 0 Å². The minimum atomic E-state index is -3.77. The third-order valence-corrected chi connectivity index (χ3v) is 7.36. The highest BCUT2D eigenvalue weighted by molar-refractivity contribution is 9.10. The van der Waals surface area contributed by atoms with E-state index in [0.717, 1.165) is 26.2 Å². The van der Waals surface area contributed by atoms with E-state index in [0.29, 0.717) is 5.69 Å². The summed E-state index contributed by atoms with van der Waals surface area (Å²) in [4.78, 5) is 28.8. The van der Waals surface area contributed by atoms with Gasteiger partial charge < -0.3 is 10.2 Å². The molecule has 0 aromatic heterocycles. The number of sulfonamides is 1. The van der Waals surface area contributed by atoms with E-state index in [-0.39, 0.29) is 24.9 Å². The van der Waals surface area contributed by atoms with Crippen molar-refractivity contribution in [1.82, 2.24) is 10.2 Å². The Bertz CT molecular complexity index is 1280. The number of anilines is 1. The molecule has 0 spiro atoms. The average molecular weight is 587 g/mol. The molecule has 0 fully saturated rings. The average Bonchev–Trinajstić information content (AvgIpc) is 2.85. The van der Waals surface area contributed by atoms with E-state index in [2.05, 4.69) is 21.2 Å². The standard InChI is InChI=1S/C28H32BrN3O4S/c1-21(2)30-28(34)26(18-22-10-6-4-7-11-22)31(19-23-14-16-24(29)17-15-23)27(33)20-32(37(3,35)36)25-12-8-5-9-13-25/h4-17,21,26H,18-20H2,1-3H3,(H,30,34)/t26-/m0/s1. The van der Waals surface area contributed by atoms with Crippen LogP contribution in [-0.2, 0) is 32.6 Å². The molecular weight excluding hydrogens is 554 g/mol. The topological polar surface area (TPSA) is 86.8 Å². The van der Waals surface area contributed by atoms with Crippen molar-refractivity contribution in [2.75, 3.05) is 17.1 Å². The summed E-state index contributed by atoms with van der Waals surface area (Å²) in [5.41, 5.74) is 2.09. The van der Waals surface area contributed by atoms with Gasteiger partial charge in [-0.1, -0.05) is 76.6 Å².